The zero-order valence-electron chi connectivity index (χ0n) is 13.4. The molecule has 0 saturated carbocycles. The van der Waals surface area contributed by atoms with E-state index in [-0.39, 0.29) is 5.41 Å². The van der Waals surface area contributed by atoms with E-state index in [9.17, 15) is 4.91 Å². The molecule has 1 aliphatic rings. The van der Waals surface area contributed by atoms with Gasteiger partial charge in [0.25, 0.3) is 0 Å². The van der Waals surface area contributed by atoms with Crippen LogP contribution in [-0.2, 0) is 0 Å². The predicted octanol–water partition coefficient (Wildman–Crippen LogP) is 5.85. The highest BCUT2D eigenvalue weighted by Crippen LogP contribution is 2.42. The first kappa shape index (κ1) is 16.1. The fourth-order valence-electron chi connectivity index (χ4n) is 2.83. The van der Waals surface area contributed by atoms with Gasteiger partial charge in [0.05, 0.1) is 5.70 Å². The molecule has 0 spiro atoms. The Balaban J connectivity index is 2.89. The maximum absolute atomic E-state index is 10.7. The summed E-state index contributed by atoms with van der Waals surface area (Å²) in [4.78, 5) is 10.7. The first-order valence-electron chi connectivity index (χ1n) is 7.35. The largest absolute Gasteiger partial charge is 0.145 e. The second kappa shape index (κ2) is 6.02. The lowest BCUT2D eigenvalue weighted by Crippen LogP contribution is -2.27. The van der Waals surface area contributed by atoms with Crippen LogP contribution >= 0.6 is 0 Å². The lowest BCUT2D eigenvalue weighted by atomic mass is 9.68. The molecule has 19 heavy (non-hydrogen) atoms. The molecule has 0 aromatic carbocycles. The Labute approximate surface area is 118 Å². The molecule has 1 rings (SSSR count). The molecule has 0 fully saturated rings. The zero-order valence-corrected chi connectivity index (χ0v) is 13.4. The third-order valence-electron chi connectivity index (χ3n) is 3.83. The standard InChI is InChI=1S/C17H29NO/c1-16(2,3)12-15(17(4,5)6)13-8-7-9-14(18-19)11-10-13/h8-9,15H,7,10-12H2,1-6H3. The molecule has 0 bridgehead atoms. The number of nitroso groups, excluding NO2 is 1. The Kier molecular flexibility index (Phi) is 5.11. The van der Waals surface area contributed by atoms with Crippen molar-refractivity contribution in [3.8, 4) is 0 Å². The minimum atomic E-state index is 0.262. The van der Waals surface area contributed by atoms with E-state index in [1.807, 2.05) is 6.08 Å². The van der Waals surface area contributed by atoms with Crippen molar-refractivity contribution in [3.63, 3.8) is 0 Å². The topological polar surface area (TPSA) is 29.4 Å². The molecule has 0 aromatic heterocycles. The van der Waals surface area contributed by atoms with Crippen molar-refractivity contribution in [2.24, 2.45) is 21.9 Å². The van der Waals surface area contributed by atoms with Gasteiger partial charge in [-0.3, -0.25) is 0 Å². The van der Waals surface area contributed by atoms with Crippen molar-refractivity contribution in [1.82, 2.24) is 0 Å². The number of hydrogen-bond donors (Lipinski definition) is 0. The monoisotopic (exact) mass is 263 g/mol. The fourth-order valence-corrected chi connectivity index (χ4v) is 2.83. The molecule has 1 aliphatic carbocycles. The Hall–Kier alpha value is -0.920. The lowest BCUT2D eigenvalue weighted by molar-refractivity contribution is 0.192. The van der Waals surface area contributed by atoms with E-state index in [0.29, 0.717) is 11.3 Å². The zero-order chi connectivity index (χ0) is 14.7. The Bertz CT molecular complexity index is 377. The molecule has 0 heterocycles. The quantitative estimate of drug-likeness (QED) is 0.464. The molecule has 1 atom stereocenters. The summed E-state index contributed by atoms with van der Waals surface area (Å²) in [6.45, 7) is 13.9. The van der Waals surface area contributed by atoms with E-state index in [2.05, 4.69) is 52.8 Å². The highest BCUT2D eigenvalue weighted by atomic mass is 16.3. The third kappa shape index (κ3) is 5.30. The van der Waals surface area contributed by atoms with Gasteiger partial charge in [-0.05, 0) is 47.6 Å². The molecule has 1 unspecified atom stereocenters. The second-order valence-electron chi connectivity index (χ2n) is 7.98. The summed E-state index contributed by atoms with van der Waals surface area (Å²) in [5.74, 6) is 0.576. The van der Waals surface area contributed by atoms with Crippen LogP contribution in [0.2, 0.25) is 0 Å². The maximum atomic E-state index is 10.7. The van der Waals surface area contributed by atoms with Gasteiger partial charge >= 0.3 is 0 Å². The van der Waals surface area contributed by atoms with Crippen LogP contribution in [0.4, 0.5) is 0 Å². The highest BCUT2D eigenvalue weighted by Gasteiger charge is 2.31. The van der Waals surface area contributed by atoms with E-state index in [1.54, 1.807) is 0 Å². The third-order valence-corrected chi connectivity index (χ3v) is 3.83. The van der Waals surface area contributed by atoms with E-state index in [1.165, 1.54) is 12.0 Å². The van der Waals surface area contributed by atoms with Crippen LogP contribution in [-0.4, -0.2) is 0 Å². The summed E-state index contributed by atoms with van der Waals surface area (Å²) >= 11 is 0. The molecule has 108 valence electrons. The smallest absolute Gasteiger partial charge is 0.0815 e. The van der Waals surface area contributed by atoms with Crippen molar-refractivity contribution in [2.75, 3.05) is 0 Å². The van der Waals surface area contributed by atoms with Crippen molar-refractivity contribution >= 4 is 0 Å². The van der Waals surface area contributed by atoms with Gasteiger partial charge in [-0.2, -0.15) is 0 Å². The molecule has 2 nitrogen and oxygen atoms in total. The van der Waals surface area contributed by atoms with Crippen LogP contribution in [0, 0.1) is 21.7 Å². The Morgan fingerprint density at radius 1 is 1.11 bits per heavy atom. The SMILES string of the molecule is CC(C)(C)CC(C1=CCC=C(N=O)CC1)C(C)(C)C. The normalized spacial score (nSPS) is 19.3. The molecule has 0 N–H and O–H groups in total. The summed E-state index contributed by atoms with van der Waals surface area (Å²) in [6.07, 6.45) is 8.11. The molecule has 0 aliphatic heterocycles. The predicted molar refractivity (Wildman–Crippen MR) is 82.8 cm³/mol. The van der Waals surface area contributed by atoms with E-state index in [4.69, 9.17) is 0 Å². The highest BCUT2D eigenvalue weighted by molar-refractivity contribution is 5.19. The summed E-state index contributed by atoms with van der Waals surface area (Å²) in [5.41, 5.74) is 2.81. The van der Waals surface area contributed by atoms with Crippen LogP contribution in [0.25, 0.3) is 0 Å². The Morgan fingerprint density at radius 3 is 2.21 bits per heavy atom. The average Bonchev–Trinajstić information content (AvgIpc) is 2.48. The van der Waals surface area contributed by atoms with Crippen molar-refractivity contribution in [2.45, 2.75) is 67.2 Å². The number of allylic oxidation sites excluding steroid dienone is 4. The van der Waals surface area contributed by atoms with Gasteiger partial charge < -0.3 is 0 Å². The molecule has 0 aromatic rings. The van der Waals surface area contributed by atoms with E-state index >= 15 is 0 Å². The number of hydrogen-bond acceptors (Lipinski definition) is 2. The van der Waals surface area contributed by atoms with Gasteiger partial charge in [0, 0.05) is 0 Å². The second-order valence-corrected chi connectivity index (χ2v) is 7.98. The van der Waals surface area contributed by atoms with Crippen LogP contribution in [0.5, 0.6) is 0 Å². The van der Waals surface area contributed by atoms with Crippen molar-refractivity contribution in [3.05, 3.63) is 28.3 Å². The lowest BCUT2D eigenvalue weighted by Gasteiger charge is -2.37. The molecule has 0 amide bonds. The minimum Gasteiger partial charge on any atom is -0.145 e. The van der Waals surface area contributed by atoms with Crippen molar-refractivity contribution in [1.29, 1.82) is 0 Å². The maximum Gasteiger partial charge on any atom is 0.0815 e. The van der Waals surface area contributed by atoms with Crippen LogP contribution in [0.3, 0.4) is 0 Å². The van der Waals surface area contributed by atoms with E-state index in [0.717, 1.165) is 25.0 Å². The molecular weight excluding hydrogens is 234 g/mol. The van der Waals surface area contributed by atoms with Gasteiger partial charge in [0.1, 0.15) is 0 Å². The summed E-state index contributed by atoms with van der Waals surface area (Å²) in [6, 6.07) is 0. The molecule has 0 saturated heterocycles. The number of rotatable bonds is 3. The molecular formula is C17H29NO. The number of nitrogens with zero attached hydrogens (tertiary/aromatic N) is 1. The minimum absolute atomic E-state index is 0.262. The van der Waals surface area contributed by atoms with E-state index < -0.39 is 0 Å². The summed E-state index contributed by atoms with van der Waals surface area (Å²) < 4.78 is 0. The summed E-state index contributed by atoms with van der Waals surface area (Å²) in [7, 11) is 0. The van der Waals surface area contributed by atoms with Crippen molar-refractivity contribution < 1.29 is 0 Å². The molecule has 0 radical (unpaired) electrons. The van der Waals surface area contributed by atoms with Gasteiger partial charge in [0.2, 0.25) is 0 Å². The van der Waals surface area contributed by atoms with Crippen LogP contribution in [0.15, 0.2) is 28.6 Å². The van der Waals surface area contributed by atoms with Crippen LogP contribution < -0.4 is 0 Å². The first-order chi connectivity index (χ1) is 8.63. The van der Waals surface area contributed by atoms with Crippen LogP contribution in [0.1, 0.15) is 67.2 Å². The van der Waals surface area contributed by atoms with Gasteiger partial charge in [-0.25, -0.2) is 0 Å². The van der Waals surface area contributed by atoms with Gasteiger partial charge in [0.15, 0.2) is 0 Å². The first-order valence-corrected chi connectivity index (χ1v) is 7.35. The van der Waals surface area contributed by atoms with Gasteiger partial charge in [-0.15, -0.1) is 4.91 Å². The molecule has 2 heteroatoms. The average molecular weight is 263 g/mol. The Morgan fingerprint density at radius 2 is 1.74 bits per heavy atom. The van der Waals surface area contributed by atoms with Gasteiger partial charge in [-0.1, -0.05) is 59.3 Å². The fraction of sp³-hybridized carbons (Fsp3) is 0.765. The summed E-state index contributed by atoms with van der Waals surface area (Å²) in [5, 5.41) is 3.12.